The van der Waals surface area contributed by atoms with Gasteiger partial charge in [-0.1, -0.05) is 109 Å². The molecule has 1 heterocycles. The first kappa shape index (κ1) is 20.0. The highest BCUT2D eigenvalue weighted by Gasteiger charge is 2.39. The Bertz CT molecular complexity index is 1220. The van der Waals surface area contributed by atoms with E-state index in [1.807, 2.05) is 6.20 Å². The monoisotopic (exact) mass is 414 g/mol. The van der Waals surface area contributed by atoms with Crippen molar-refractivity contribution in [3.63, 3.8) is 0 Å². The van der Waals surface area contributed by atoms with Gasteiger partial charge >= 0.3 is 0 Å². The van der Waals surface area contributed by atoms with Gasteiger partial charge in [0.05, 0.1) is 0 Å². The number of aryl methyl sites for hydroxylation is 1. The van der Waals surface area contributed by atoms with E-state index in [0.717, 1.165) is 11.4 Å². The standard InChI is InChI=1S/C30H26N2/c1-23-13-12-20-28(24(23)2)29-31-21-22-32(29)30(25-14-6-3-7-15-25,26-16-8-4-9-17-26)27-18-10-5-11-19-27/h3-22H,1-2H3. The molecular weight excluding hydrogens is 388 g/mol. The van der Waals surface area contributed by atoms with Gasteiger partial charge in [0.1, 0.15) is 11.4 Å². The first-order valence-electron chi connectivity index (χ1n) is 11.0. The van der Waals surface area contributed by atoms with Gasteiger partial charge in [-0.2, -0.15) is 0 Å². The van der Waals surface area contributed by atoms with Crippen LogP contribution in [-0.2, 0) is 5.54 Å². The van der Waals surface area contributed by atoms with Gasteiger partial charge in [0, 0.05) is 18.0 Å². The third kappa shape index (κ3) is 3.16. The van der Waals surface area contributed by atoms with Crippen molar-refractivity contribution in [1.82, 2.24) is 9.55 Å². The maximum Gasteiger partial charge on any atom is 0.141 e. The molecule has 0 atom stereocenters. The van der Waals surface area contributed by atoms with Crippen LogP contribution in [0, 0.1) is 13.8 Å². The van der Waals surface area contributed by atoms with Gasteiger partial charge in [0.15, 0.2) is 0 Å². The second kappa shape index (κ2) is 8.32. The van der Waals surface area contributed by atoms with Gasteiger partial charge in [0.2, 0.25) is 0 Å². The second-order valence-corrected chi connectivity index (χ2v) is 8.18. The molecule has 0 N–H and O–H groups in total. The van der Waals surface area contributed by atoms with Crippen LogP contribution in [0.2, 0.25) is 0 Å². The van der Waals surface area contributed by atoms with Crippen LogP contribution in [0.5, 0.6) is 0 Å². The summed E-state index contributed by atoms with van der Waals surface area (Å²) in [6, 6.07) is 38.7. The zero-order valence-corrected chi connectivity index (χ0v) is 18.4. The lowest BCUT2D eigenvalue weighted by Gasteiger charge is -2.38. The minimum absolute atomic E-state index is 0.564. The summed E-state index contributed by atoms with van der Waals surface area (Å²) in [6.07, 6.45) is 4.03. The smallest absolute Gasteiger partial charge is 0.141 e. The summed E-state index contributed by atoms with van der Waals surface area (Å²) in [5, 5.41) is 0. The number of nitrogens with zero attached hydrogens (tertiary/aromatic N) is 2. The van der Waals surface area contributed by atoms with E-state index in [0.29, 0.717) is 0 Å². The Morgan fingerprint density at radius 2 is 1.09 bits per heavy atom. The molecular formula is C30H26N2. The van der Waals surface area contributed by atoms with Crippen LogP contribution < -0.4 is 0 Å². The minimum Gasteiger partial charge on any atom is -0.312 e. The third-order valence-electron chi connectivity index (χ3n) is 6.42. The van der Waals surface area contributed by atoms with E-state index in [1.165, 1.54) is 27.8 Å². The number of imidazole rings is 1. The van der Waals surface area contributed by atoms with Crippen LogP contribution >= 0.6 is 0 Å². The van der Waals surface area contributed by atoms with E-state index in [9.17, 15) is 0 Å². The lowest BCUT2D eigenvalue weighted by atomic mass is 9.76. The molecule has 0 aliphatic carbocycles. The fourth-order valence-electron chi connectivity index (χ4n) is 4.72. The fraction of sp³-hybridized carbons (Fsp3) is 0.100. The third-order valence-corrected chi connectivity index (χ3v) is 6.42. The fourth-order valence-corrected chi connectivity index (χ4v) is 4.72. The summed E-state index contributed by atoms with van der Waals surface area (Å²) in [7, 11) is 0. The number of hydrogen-bond acceptors (Lipinski definition) is 1. The maximum atomic E-state index is 4.89. The molecule has 2 heteroatoms. The molecule has 0 amide bonds. The topological polar surface area (TPSA) is 17.8 Å². The van der Waals surface area contributed by atoms with Gasteiger partial charge in [-0.3, -0.25) is 0 Å². The average Bonchev–Trinajstić information content (AvgIpc) is 3.33. The van der Waals surface area contributed by atoms with Crippen molar-refractivity contribution in [2.45, 2.75) is 19.4 Å². The van der Waals surface area contributed by atoms with Crippen LogP contribution in [0.1, 0.15) is 27.8 Å². The van der Waals surface area contributed by atoms with E-state index >= 15 is 0 Å². The van der Waals surface area contributed by atoms with Crippen molar-refractivity contribution in [1.29, 1.82) is 0 Å². The number of rotatable bonds is 5. The summed E-state index contributed by atoms with van der Waals surface area (Å²) < 4.78 is 2.34. The highest BCUT2D eigenvalue weighted by molar-refractivity contribution is 5.65. The quantitative estimate of drug-likeness (QED) is 0.283. The molecule has 1 aromatic heterocycles. The van der Waals surface area contributed by atoms with Gasteiger partial charge in [-0.05, 0) is 41.7 Å². The molecule has 0 saturated carbocycles. The molecule has 0 aliphatic heterocycles. The molecule has 32 heavy (non-hydrogen) atoms. The minimum atomic E-state index is -0.564. The van der Waals surface area contributed by atoms with E-state index in [1.54, 1.807) is 0 Å². The normalized spacial score (nSPS) is 11.4. The van der Waals surface area contributed by atoms with Crippen molar-refractivity contribution >= 4 is 0 Å². The van der Waals surface area contributed by atoms with Crippen molar-refractivity contribution < 1.29 is 0 Å². The summed E-state index contributed by atoms with van der Waals surface area (Å²) in [5.41, 5.74) is 6.70. The summed E-state index contributed by atoms with van der Waals surface area (Å²) >= 11 is 0. The summed E-state index contributed by atoms with van der Waals surface area (Å²) in [6.45, 7) is 4.34. The highest BCUT2D eigenvalue weighted by Crippen LogP contribution is 2.43. The highest BCUT2D eigenvalue weighted by atomic mass is 15.1. The van der Waals surface area contributed by atoms with Crippen molar-refractivity contribution in [2.75, 3.05) is 0 Å². The van der Waals surface area contributed by atoms with Crippen LogP contribution in [0.4, 0.5) is 0 Å². The Morgan fingerprint density at radius 1 is 0.594 bits per heavy atom. The van der Waals surface area contributed by atoms with Crippen LogP contribution in [0.3, 0.4) is 0 Å². The lowest BCUT2D eigenvalue weighted by molar-refractivity contribution is 0.520. The van der Waals surface area contributed by atoms with Crippen molar-refractivity contribution in [3.8, 4) is 11.4 Å². The molecule has 0 bridgehead atoms. The van der Waals surface area contributed by atoms with Crippen molar-refractivity contribution in [3.05, 3.63) is 149 Å². The first-order chi connectivity index (χ1) is 15.7. The largest absolute Gasteiger partial charge is 0.312 e. The van der Waals surface area contributed by atoms with E-state index in [-0.39, 0.29) is 0 Å². The van der Waals surface area contributed by atoms with Crippen LogP contribution in [0.15, 0.2) is 122 Å². The maximum absolute atomic E-state index is 4.89. The molecule has 4 aromatic carbocycles. The van der Waals surface area contributed by atoms with E-state index < -0.39 is 5.54 Å². The molecule has 0 radical (unpaired) electrons. The zero-order valence-electron chi connectivity index (χ0n) is 18.4. The van der Waals surface area contributed by atoms with Gasteiger partial charge in [-0.25, -0.2) is 4.98 Å². The van der Waals surface area contributed by atoms with Crippen LogP contribution in [0.25, 0.3) is 11.4 Å². The Labute approximate surface area is 189 Å². The number of benzene rings is 4. The molecule has 0 unspecified atom stereocenters. The molecule has 156 valence electrons. The molecule has 0 aliphatic rings. The van der Waals surface area contributed by atoms with Crippen molar-refractivity contribution in [2.24, 2.45) is 0 Å². The Balaban J connectivity index is 1.92. The molecule has 2 nitrogen and oxygen atoms in total. The molecule has 0 fully saturated rings. The predicted molar refractivity (Wildman–Crippen MR) is 132 cm³/mol. The van der Waals surface area contributed by atoms with Crippen LogP contribution in [-0.4, -0.2) is 9.55 Å². The van der Waals surface area contributed by atoms with E-state index in [2.05, 4.69) is 134 Å². The van der Waals surface area contributed by atoms with Gasteiger partial charge in [0.25, 0.3) is 0 Å². The Morgan fingerprint density at radius 3 is 1.59 bits per heavy atom. The number of hydrogen-bond donors (Lipinski definition) is 0. The van der Waals surface area contributed by atoms with Gasteiger partial charge in [-0.15, -0.1) is 0 Å². The van der Waals surface area contributed by atoms with E-state index in [4.69, 9.17) is 4.98 Å². The molecule has 0 saturated heterocycles. The lowest BCUT2D eigenvalue weighted by Crippen LogP contribution is -2.38. The Hall–Kier alpha value is -3.91. The first-order valence-corrected chi connectivity index (χ1v) is 11.0. The molecule has 0 spiro atoms. The summed E-state index contributed by atoms with van der Waals surface area (Å²) in [4.78, 5) is 4.89. The zero-order chi connectivity index (χ0) is 22.0. The SMILES string of the molecule is Cc1cccc(-c2nccn2C(c2ccccc2)(c2ccccc2)c2ccccc2)c1C. The average molecular weight is 415 g/mol. The molecule has 5 aromatic rings. The van der Waals surface area contributed by atoms with Gasteiger partial charge < -0.3 is 4.57 Å². The summed E-state index contributed by atoms with van der Waals surface area (Å²) in [5.74, 6) is 0.961. The second-order valence-electron chi connectivity index (χ2n) is 8.18. The number of aromatic nitrogens is 2. The molecule has 5 rings (SSSR count). The predicted octanol–water partition coefficient (Wildman–Crippen LogP) is 7.01. The Kier molecular flexibility index (Phi) is 5.20.